The Morgan fingerprint density at radius 1 is 1.21 bits per heavy atom. The van der Waals surface area contributed by atoms with E-state index < -0.39 is 11.0 Å². The molecule has 1 heterocycles. The highest BCUT2D eigenvalue weighted by atomic mass is 19.1. The maximum atomic E-state index is 13.4. The smallest absolute Gasteiger partial charge is 0.234 e. The number of carbonyl (C=O) groups is 1. The summed E-state index contributed by atoms with van der Waals surface area (Å²) in [5, 5.41) is 3.32. The largest absolute Gasteiger partial charge is 0.313 e. The van der Waals surface area contributed by atoms with Crippen LogP contribution in [0.4, 0.5) is 10.1 Å². The maximum absolute atomic E-state index is 13.4. The molecule has 0 bridgehead atoms. The number of rotatable bonds is 1. The molecule has 0 saturated carbocycles. The van der Waals surface area contributed by atoms with Crippen molar-refractivity contribution >= 4 is 11.6 Å². The highest BCUT2D eigenvalue weighted by molar-refractivity contribution is 5.98. The van der Waals surface area contributed by atoms with E-state index in [1.165, 1.54) is 12.1 Å². The summed E-state index contributed by atoms with van der Waals surface area (Å²) in [4.78, 5) is 14.5. The monoisotopic (exact) mass is 264 g/mol. The van der Waals surface area contributed by atoms with Gasteiger partial charge in [0.2, 0.25) is 5.91 Å². The fourth-order valence-corrected chi connectivity index (χ4v) is 2.50. The van der Waals surface area contributed by atoms with Crippen molar-refractivity contribution in [1.29, 1.82) is 0 Å². The molecule has 3 nitrogen and oxygen atoms in total. The molecule has 19 heavy (non-hydrogen) atoms. The number of anilines is 1. The van der Waals surface area contributed by atoms with Crippen molar-refractivity contribution in [2.45, 2.75) is 33.2 Å². The summed E-state index contributed by atoms with van der Waals surface area (Å²) in [7, 11) is 0. The lowest BCUT2D eigenvalue weighted by Crippen LogP contribution is -2.53. The molecule has 2 rings (SSSR count). The van der Waals surface area contributed by atoms with Gasteiger partial charge < -0.3 is 10.2 Å². The van der Waals surface area contributed by atoms with Gasteiger partial charge in [-0.15, -0.1) is 0 Å². The van der Waals surface area contributed by atoms with Gasteiger partial charge in [0.05, 0.1) is 11.0 Å². The first-order valence-corrected chi connectivity index (χ1v) is 6.55. The number of benzene rings is 1. The maximum Gasteiger partial charge on any atom is 0.234 e. The zero-order valence-electron chi connectivity index (χ0n) is 12.0. The Kier molecular flexibility index (Phi) is 3.39. The van der Waals surface area contributed by atoms with Gasteiger partial charge in [0.1, 0.15) is 5.82 Å². The minimum atomic E-state index is -0.500. The average molecular weight is 264 g/mol. The standard InChI is InChI=1S/C15H21FN2O/c1-14(2)9-17-10-15(3,4)18(13(14)19)12-7-5-6-11(16)8-12/h5-8,17H,9-10H2,1-4H3. The SMILES string of the molecule is CC1(C)CNCC(C)(C)N(c2cccc(F)c2)C1=O. The van der Waals surface area contributed by atoms with Gasteiger partial charge in [0.25, 0.3) is 0 Å². The third-order valence-electron chi connectivity index (χ3n) is 3.58. The van der Waals surface area contributed by atoms with Crippen LogP contribution in [0.2, 0.25) is 0 Å². The number of nitrogens with zero attached hydrogens (tertiary/aromatic N) is 1. The fourth-order valence-electron chi connectivity index (χ4n) is 2.50. The predicted octanol–water partition coefficient (Wildman–Crippen LogP) is 2.57. The van der Waals surface area contributed by atoms with E-state index in [4.69, 9.17) is 0 Å². The van der Waals surface area contributed by atoms with Crippen LogP contribution in [0, 0.1) is 11.2 Å². The van der Waals surface area contributed by atoms with Crippen molar-refractivity contribution < 1.29 is 9.18 Å². The summed E-state index contributed by atoms with van der Waals surface area (Å²) in [5.74, 6) is -0.302. The second kappa shape index (κ2) is 4.60. The van der Waals surface area contributed by atoms with E-state index in [9.17, 15) is 9.18 Å². The fraction of sp³-hybridized carbons (Fsp3) is 0.533. The molecular weight excluding hydrogens is 243 g/mol. The van der Waals surface area contributed by atoms with Crippen LogP contribution in [0.15, 0.2) is 24.3 Å². The van der Waals surface area contributed by atoms with E-state index in [2.05, 4.69) is 5.32 Å². The van der Waals surface area contributed by atoms with Crippen LogP contribution in [0.25, 0.3) is 0 Å². The minimum absolute atomic E-state index is 0.0214. The van der Waals surface area contributed by atoms with Gasteiger partial charge in [-0.1, -0.05) is 6.07 Å². The number of hydrogen-bond donors (Lipinski definition) is 1. The highest BCUT2D eigenvalue weighted by Gasteiger charge is 2.42. The molecule has 1 aliphatic heterocycles. The molecule has 104 valence electrons. The Balaban J connectivity index is 2.51. The summed E-state index contributed by atoms with van der Waals surface area (Å²) in [5.41, 5.74) is -0.273. The number of nitrogens with one attached hydrogen (secondary N) is 1. The normalized spacial score (nSPS) is 22.2. The Hall–Kier alpha value is -1.42. The Morgan fingerprint density at radius 3 is 2.53 bits per heavy atom. The molecule has 1 aromatic carbocycles. The third kappa shape index (κ3) is 2.63. The number of halogens is 1. The Morgan fingerprint density at radius 2 is 1.89 bits per heavy atom. The summed E-state index contributed by atoms with van der Waals surface area (Å²) in [6.45, 7) is 9.11. The van der Waals surface area contributed by atoms with Crippen LogP contribution in [0.5, 0.6) is 0 Å². The second-order valence-corrected chi connectivity index (χ2v) is 6.42. The summed E-state index contributed by atoms with van der Waals surface area (Å²) in [6, 6.07) is 6.23. The molecule has 4 heteroatoms. The molecule has 0 aliphatic carbocycles. The molecule has 0 spiro atoms. The molecule has 0 radical (unpaired) electrons. The minimum Gasteiger partial charge on any atom is -0.313 e. The van der Waals surface area contributed by atoms with Crippen LogP contribution in [0.3, 0.4) is 0 Å². The molecule has 1 fully saturated rings. The first-order valence-electron chi connectivity index (χ1n) is 6.55. The van der Waals surface area contributed by atoms with Gasteiger partial charge in [0, 0.05) is 18.8 Å². The lowest BCUT2D eigenvalue weighted by molar-refractivity contribution is -0.126. The summed E-state index contributed by atoms with van der Waals surface area (Å²) < 4.78 is 13.4. The molecular formula is C15H21FN2O. The average Bonchev–Trinajstić information content (AvgIpc) is 2.34. The van der Waals surface area contributed by atoms with E-state index in [1.807, 2.05) is 27.7 Å². The van der Waals surface area contributed by atoms with E-state index >= 15 is 0 Å². The lowest BCUT2D eigenvalue weighted by Gasteiger charge is -2.39. The molecule has 1 saturated heterocycles. The predicted molar refractivity (Wildman–Crippen MR) is 74.6 cm³/mol. The van der Waals surface area contributed by atoms with Gasteiger partial charge in [0.15, 0.2) is 0 Å². The van der Waals surface area contributed by atoms with E-state index in [0.29, 0.717) is 18.8 Å². The molecule has 1 amide bonds. The van der Waals surface area contributed by atoms with Crippen molar-refractivity contribution in [3.05, 3.63) is 30.1 Å². The van der Waals surface area contributed by atoms with Crippen LogP contribution >= 0.6 is 0 Å². The van der Waals surface area contributed by atoms with Crippen molar-refractivity contribution in [2.24, 2.45) is 5.41 Å². The third-order valence-corrected chi connectivity index (χ3v) is 3.58. The van der Waals surface area contributed by atoms with Crippen molar-refractivity contribution in [2.75, 3.05) is 18.0 Å². The topological polar surface area (TPSA) is 32.3 Å². The molecule has 1 aliphatic rings. The quantitative estimate of drug-likeness (QED) is 0.845. The number of carbonyl (C=O) groups excluding carboxylic acids is 1. The Bertz CT molecular complexity index is 497. The summed E-state index contributed by atoms with van der Waals surface area (Å²) >= 11 is 0. The zero-order chi connectivity index (χ0) is 14.3. The molecule has 0 unspecified atom stereocenters. The van der Waals surface area contributed by atoms with Crippen LogP contribution < -0.4 is 10.2 Å². The number of hydrogen-bond acceptors (Lipinski definition) is 2. The van der Waals surface area contributed by atoms with Crippen LogP contribution in [-0.2, 0) is 4.79 Å². The van der Waals surface area contributed by atoms with E-state index in [-0.39, 0.29) is 11.7 Å². The zero-order valence-corrected chi connectivity index (χ0v) is 12.0. The van der Waals surface area contributed by atoms with E-state index in [1.54, 1.807) is 17.0 Å². The van der Waals surface area contributed by atoms with Crippen molar-refractivity contribution in [3.8, 4) is 0 Å². The molecule has 1 N–H and O–H groups in total. The number of amides is 1. The first kappa shape index (κ1) is 14.0. The van der Waals surface area contributed by atoms with Gasteiger partial charge in [-0.25, -0.2) is 4.39 Å². The van der Waals surface area contributed by atoms with Gasteiger partial charge in [-0.3, -0.25) is 4.79 Å². The van der Waals surface area contributed by atoms with E-state index in [0.717, 1.165) is 0 Å². The van der Waals surface area contributed by atoms with Gasteiger partial charge >= 0.3 is 0 Å². The Labute approximate surface area is 113 Å². The van der Waals surface area contributed by atoms with Crippen molar-refractivity contribution in [1.82, 2.24) is 5.32 Å². The van der Waals surface area contributed by atoms with Gasteiger partial charge in [-0.05, 0) is 45.9 Å². The van der Waals surface area contributed by atoms with Crippen LogP contribution in [-0.4, -0.2) is 24.5 Å². The lowest BCUT2D eigenvalue weighted by atomic mass is 9.90. The molecule has 0 aromatic heterocycles. The van der Waals surface area contributed by atoms with Gasteiger partial charge in [-0.2, -0.15) is 0 Å². The molecule has 1 aromatic rings. The second-order valence-electron chi connectivity index (χ2n) is 6.42. The highest BCUT2D eigenvalue weighted by Crippen LogP contribution is 2.32. The van der Waals surface area contributed by atoms with Crippen LogP contribution in [0.1, 0.15) is 27.7 Å². The molecule has 0 atom stereocenters. The first-order chi connectivity index (χ1) is 8.74. The van der Waals surface area contributed by atoms with Crippen molar-refractivity contribution in [3.63, 3.8) is 0 Å². The summed E-state index contributed by atoms with van der Waals surface area (Å²) in [6.07, 6.45) is 0.